The van der Waals surface area contributed by atoms with Gasteiger partial charge in [0.25, 0.3) is 5.91 Å². The van der Waals surface area contributed by atoms with Gasteiger partial charge in [-0.1, -0.05) is 0 Å². The van der Waals surface area contributed by atoms with Crippen molar-refractivity contribution < 1.29 is 4.79 Å². The van der Waals surface area contributed by atoms with Gasteiger partial charge in [0.05, 0.1) is 5.69 Å². The fraction of sp³-hybridized carbons (Fsp3) is 0.400. The van der Waals surface area contributed by atoms with E-state index in [2.05, 4.69) is 25.9 Å². The largest absolute Gasteiger partial charge is 0.354 e. The van der Waals surface area contributed by atoms with Crippen LogP contribution in [0.5, 0.6) is 0 Å². The lowest BCUT2D eigenvalue weighted by Crippen LogP contribution is -2.22. The van der Waals surface area contributed by atoms with E-state index in [0.717, 1.165) is 0 Å². The molecule has 0 saturated heterocycles. The normalized spacial score (nSPS) is 9.27. The van der Waals surface area contributed by atoms with Gasteiger partial charge in [0.1, 0.15) is 0 Å². The number of hydrogen-bond acceptors (Lipinski definition) is 5. The van der Waals surface area contributed by atoms with Crippen LogP contribution in [-0.4, -0.2) is 33.6 Å². The molecule has 0 aromatic carbocycles. The number of nitrogens with zero attached hydrogens (tertiary/aromatic N) is 4. The second-order valence-electron chi connectivity index (χ2n) is 1.89. The van der Waals surface area contributed by atoms with Gasteiger partial charge in [-0.2, -0.15) is 0 Å². The standard InChI is InChI=1S/C5H7N5O/c1-3-4(5(11)6-2)8-10-9-7-3/h1-2H3,(H,6,11). The topological polar surface area (TPSA) is 80.7 Å². The van der Waals surface area contributed by atoms with E-state index in [0.29, 0.717) is 5.69 Å². The molecule has 0 fully saturated rings. The van der Waals surface area contributed by atoms with Crippen molar-refractivity contribution in [1.82, 2.24) is 25.9 Å². The van der Waals surface area contributed by atoms with Crippen LogP contribution in [0.15, 0.2) is 0 Å². The van der Waals surface area contributed by atoms with Gasteiger partial charge in [0, 0.05) is 7.05 Å². The Labute approximate surface area is 63.0 Å². The van der Waals surface area contributed by atoms with Gasteiger partial charge in [0.15, 0.2) is 5.69 Å². The highest BCUT2D eigenvalue weighted by atomic mass is 16.1. The number of aryl methyl sites for hydroxylation is 1. The molecule has 0 spiro atoms. The van der Waals surface area contributed by atoms with Gasteiger partial charge in [-0.15, -0.1) is 10.2 Å². The van der Waals surface area contributed by atoms with Crippen LogP contribution in [0.2, 0.25) is 0 Å². The maximum atomic E-state index is 11.0. The van der Waals surface area contributed by atoms with Crippen LogP contribution >= 0.6 is 0 Å². The van der Waals surface area contributed by atoms with Crippen molar-refractivity contribution >= 4 is 5.91 Å². The summed E-state index contributed by atoms with van der Waals surface area (Å²) in [5.74, 6) is -0.301. The molecule has 6 nitrogen and oxygen atoms in total. The maximum absolute atomic E-state index is 11.0. The summed E-state index contributed by atoms with van der Waals surface area (Å²) in [4.78, 5) is 11.0. The second-order valence-corrected chi connectivity index (χ2v) is 1.89. The molecule has 1 aromatic rings. The highest BCUT2D eigenvalue weighted by Gasteiger charge is 2.09. The summed E-state index contributed by atoms with van der Waals surface area (Å²) in [5, 5.41) is 16.0. The van der Waals surface area contributed by atoms with Crippen molar-refractivity contribution in [3.63, 3.8) is 0 Å². The van der Waals surface area contributed by atoms with Crippen molar-refractivity contribution in [1.29, 1.82) is 0 Å². The molecule has 58 valence electrons. The maximum Gasteiger partial charge on any atom is 0.273 e. The van der Waals surface area contributed by atoms with Crippen LogP contribution in [0.1, 0.15) is 16.2 Å². The fourth-order valence-electron chi connectivity index (χ4n) is 0.600. The summed E-state index contributed by atoms with van der Waals surface area (Å²) in [7, 11) is 1.52. The quantitative estimate of drug-likeness (QED) is 0.555. The van der Waals surface area contributed by atoms with E-state index in [1.54, 1.807) is 6.92 Å². The molecule has 1 aromatic heterocycles. The SMILES string of the molecule is CNC(=O)c1nnnnc1C. The first-order valence-corrected chi connectivity index (χ1v) is 3.00. The Balaban J connectivity index is 3.03. The van der Waals surface area contributed by atoms with Gasteiger partial charge in [0.2, 0.25) is 0 Å². The van der Waals surface area contributed by atoms with E-state index in [4.69, 9.17) is 0 Å². The Bertz CT molecular complexity index is 273. The van der Waals surface area contributed by atoms with Crippen LogP contribution in [0.4, 0.5) is 0 Å². The molecule has 6 heteroatoms. The summed E-state index contributed by atoms with van der Waals surface area (Å²) in [5.41, 5.74) is 0.682. The molecule has 1 amide bonds. The van der Waals surface area contributed by atoms with Gasteiger partial charge in [-0.3, -0.25) is 4.79 Å². The highest BCUT2D eigenvalue weighted by Crippen LogP contribution is 1.94. The average Bonchev–Trinajstić information content (AvgIpc) is 2.04. The molecule has 11 heavy (non-hydrogen) atoms. The van der Waals surface area contributed by atoms with E-state index >= 15 is 0 Å². The molecule has 1 rings (SSSR count). The number of rotatable bonds is 1. The van der Waals surface area contributed by atoms with E-state index < -0.39 is 0 Å². The third kappa shape index (κ3) is 1.46. The summed E-state index contributed by atoms with van der Waals surface area (Å²) < 4.78 is 0. The second kappa shape index (κ2) is 3.00. The Morgan fingerprint density at radius 3 is 2.55 bits per heavy atom. The minimum Gasteiger partial charge on any atom is -0.354 e. The Hall–Kier alpha value is -1.59. The number of carbonyl (C=O) groups is 1. The zero-order valence-corrected chi connectivity index (χ0v) is 6.20. The Morgan fingerprint density at radius 2 is 2.00 bits per heavy atom. The number of aromatic nitrogens is 4. The minimum absolute atomic E-state index is 0.211. The molecule has 0 bridgehead atoms. The monoisotopic (exact) mass is 153 g/mol. The zero-order valence-electron chi connectivity index (χ0n) is 6.20. The third-order valence-corrected chi connectivity index (χ3v) is 1.16. The van der Waals surface area contributed by atoms with Crippen LogP contribution in [0.25, 0.3) is 0 Å². The molecule has 0 saturated carbocycles. The minimum atomic E-state index is -0.301. The van der Waals surface area contributed by atoms with E-state index in [9.17, 15) is 4.79 Å². The van der Waals surface area contributed by atoms with Crippen molar-refractivity contribution in [3.05, 3.63) is 11.4 Å². The lowest BCUT2D eigenvalue weighted by Gasteiger charge is -1.97. The smallest absolute Gasteiger partial charge is 0.273 e. The molecule has 0 atom stereocenters. The summed E-state index contributed by atoms with van der Waals surface area (Å²) in [6.45, 7) is 1.65. The first kappa shape index (κ1) is 7.52. The van der Waals surface area contributed by atoms with Crippen LogP contribution < -0.4 is 5.32 Å². The molecule has 0 aliphatic rings. The number of amides is 1. The summed E-state index contributed by atoms with van der Waals surface area (Å²) in [6, 6.07) is 0. The van der Waals surface area contributed by atoms with Crippen LogP contribution in [0.3, 0.4) is 0 Å². The van der Waals surface area contributed by atoms with E-state index in [1.807, 2.05) is 0 Å². The fourth-order valence-corrected chi connectivity index (χ4v) is 0.600. The Morgan fingerprint density at radius 1 is 1.36 bits per heavy atom. The zero-order chi connectivity index (χ0) is 8.27. The van der Waals surface area contributed by atoms with Crippen molar-refractivity contribution in [2.45, 2.75) is 6.92 Å². The van der Waals surface area contributed by atoms with Gasteiger partial charge >= 0.3 is 0 Å². The first-order valence-electron chi connectivity index (χ1n) is 3.00. The molecule has 1 N–H and O–H groups in total. The van der Waals surface area contributed by atoms with Gasteiger partial charge in [-0.25, -0.2) is 0 Å². The number of nitrogens with one attached hydrogen (secondary N) is 1. The third-order valence-electron chi connectivity index (χ3n) is 1.16. The van der Waals surface area contributed by atoms with Gasteiger partial charge < -0.3 is 5.32 Å². The molecule has 0 aliphatic carbocycles. The van der Waals surface area contributed by atoms with Crippen molar-refractivity contribution in [2.75, 3.05) is 7.05 Å². The first-order chi connectivity index (χ1) is 5.25. The molecular formula is C5H7N5O. The lowest BCUT2D eigenvalue weighted by molar-refractivity contribution is 0.0955. The average molecular weight is 153 g/mol. The predicted octanol–water partition coefficient (Wildman–Crippen LogP) is -1.07. The van der Waals surface area contributed by atoms with Crippen LogP contribution in [0, 0.1) is 6.92 Å². The van der Waals surface area contributed by atoms with Crippen molar-refractivity contribution in [3.8, 4) is 0 Å². The summed E-state index contributed by atoms with van der Waals surface area (Å²) >= 11 is 0. The molecule has 0 unspecified atom stereocenters. The predicted molar refractivity (Wildman–Crippen MR) is 35.7 cm³/mol. The number of carbonyl (C=O) groups excluding carboxylic acids is 1. The van der Waals surface area contributed by atoms with E-state index in [1.165, 1.54) is 7.05 Å². The van der Waals surface area contributed by atoms with E-state index in [-0.39, 0.29) is 11.6 Å². The van der Waals surface area contributed by atoms with Gasteiger partial charge in [-0.05, 0) is 17.4 Å². The molecule has 0 radical (unpaired) electrons. The molecule has 0 aliphatic heterocycles. The summed E-state index contributed by atoms with van der Waals surface area (Å²) in [6.07, 6.45) is 0. The molecular weight excluding hydrogens is 146 g/mol. The number of hydrogen-bond donors (Lipinski definition) is 1. The lowest BCUT2D eigenvalue weighted by atomic mass is 10.3. The van der Waals surface area contributed by atoms with Crippen LogP contribution in [-0.2, 0) is 0 Å². The Kier molecular flexibility index (Phi) is 2.05. The van der Waals surface area contributed by atoms with Crippen molar-refractivity contribution in [2.24, 2.45) is 0 Å². The highest BCUT2D eigenvalue weighted by molar-refractivity contribution is 5.92. The molecule has 1 heterocycles.